The normalized spacial score (nSPS) is 10.3. The number of halogens is 1. The highest BCUT2D eigenvalue weighted by Gasteiger charge is 2.11. The monoisotopic (exact) mass is 321 g/mol. The number of nitrogens with one attached hydrogen (secondary N) is 1. The zero-order valence-electron chi connectivity index (χ0n) is 11.5. The van der Waals surface area contributed by atoms with Gasteiger partial charge in [0.05, 0.1) is 17.7 Å². The Labute approximate surface area is 130 Å². The molecule has 0 unspecified atom stereocenters. The van der Waals surface area contributed by atoms with Gasteiger partial charge in [-0.15, -0.1) is 0 Å². The molecule has 0 aliphatic carbocycles. The number of aliphatic carboxylic acids is 1. The maximum absolute atomic E-state index is 11.9. The SMILES string of the molecule is CC(=O)Nc1cc(Cl)ccc1-c1cc(=O)n(CC(=O)O)cn1. The van der Waals surface area contributed by atoms with Crippen LogP contribution < -0.4 is 10.9 Å². The molecule has 1 aromatic carbocycles. The molecule has 0 atom stereocenters. The van der Waals surface area contributed by atoms with Crippen molar-refractivity contribution >= 4 is 29.2 Å². The van der Waals surface area contributed by atoms with Crippen LogP contribution in [0.5, 0.6) is 0 Å². The van der Waals surface area contributed by atoms with Gasteiger partial charge in [0.2, 0.25) is 5.91 Å². The zero-order valence-corrected chi connectivity index (χ0v) is 12.3. The number of carbonyl (C=O) groups is 2. The van der Waals surface area contributed by atoms with Gasteiger partial charge in [-0.1, -0.05) is 11.6 Å². The van der Waals surface area contributed by atoms with Crippen molar-refractivity contribution in [1.29, 1.82) is 0 Å². The van der Waals surface area contributed by atoms with Gasteiger partial charge in [0, 0.05) is 23.6 Å². The number of nitrogens with zero attached hydrogens (tertiary/aromatic N) is 2. The Balaban J connectivity index is 2.48. The fraction of sp³-hybridized carbons (Fsp3) is 0.143. The van der Waals surface area contributed by atoms with Crippen molar-refractivity contribution in [1.82, 2.24) is 9.55 Å². The average Bonchev–Trinajstić information content (AvgIpc) is 2.40. The number of anilines is 1. The molecule has 0 aliphatic heterocycles. The molecule has 0 radical (unpaired) electrons. The van der Waals surface area contributed by atoms with Gasteiger partial charge in [-0.3, -0.25) is 19.0 Å². The van der Waals surface area contributed by atoms with E-state index in [2.05, 4.69) is 10.3 Å². The number of amides is 1. The maximum Gasteiger partial charge on any atom is 0.323 e. The van der Waals surface area contributed by atoms with Crippen LogP contribution in [-0.4, -0.2) is 26.5 Å². The maximum atomic E-state index is 11.9. The summed E-state index contributed by atoms with van der Waals surface area (Å²) in [5.41, 5.74) is 0.741. The topological polar surface area (TPSA) is 101 Å². The molecular weight excluding hydrogens is 310 g/mol. The molecule has 1 heterocycles. The zero-order chi connectivity index (χ0) is 16.3. The van der Waals surface area contributed by atoms with Crippen LogP contribution in [0.15, 0.2) is 35.4 Å². The molecule has 1 aromatic heterocycles. The number of carboxylic acid groups (broad SMARTS) is 1. The van der Waals surface area contributed by atoms with Crippen LogP contribution in [0.3, 0.4) is 0 Å². The number of hydrogen-bond donors (Lipinski definition) is 2. The Morgan fingerprint density at radius 2 is 2.09 bits per heavy atom. The van der Waals surface area contributed by atoms with Crippen LogP contribution in [0.2, 0.25) is 5.02 Å². The third-order valence-electron chi connectivity index (χ3n) is 2.75. The molecule has 0 saturated carbocycles. The predicted molar refractivity (Wildman–Crippen MR) is 80.9 cm³/mol. The molecule has 22 heavy (non-hydrogen) atoms. The van der Waals surface area contributed by atoms with Gasteiger partial charge in [0.1, 0.15) is 6.54 Å². The number of benzene rings is 1. The first-order valence-electron chi connectivity index (χ1n) is 6.22. The lowest BCUT2D eigenvalue weighted by Gasteiger charge is -2.10. The molecule has 1 amide bonds. The van der Waals surface area contributed by atoms with E-state index in [-0.39, 0.29) is 5.91 Å². The fourth-order valence-electron chi connectivity index (χ4n) is 1.87. The van der Waals surface area contributed by atoms with E-state index in [0.717, 1.165) is 10.9 Å². The van der Waals surface area contributed by atoms with E-state index in [9.17, 15) is 14.4 Å². The quantitative estimate of drug-likeness (QED) is 0.890. The summed E-state index contributed by atoms with van der Waals surface area (Å²) in [7, 11) is 0. The summed E-state index contributed by atoms with van der Waals surface area (Å²) in [6.07, 6.45) is 1.15. The number of aromatic nitrogens is 2. The first-order valence-corrected chi connectivity index (χ1v) is 6.60. The Morgan fingerprint density at radius 3 is 2.68 bits per heavy atom. The Bertz CT molecular complexity index is 801. The van der Waals surface area contributed by atoms with E-state index in [1.165, 1.54) is 13.0 Å². The van der Waals surface area contributed by atoms with Crippen LogP contribution in [0.4, 0.5) is 5.69 Å². The van der Waals surface area contributed by atoms with Gasteiger partial charge in [-0.05, 0) is 18.2 Å². The molecule has 2 rings (SSSR count). The summed E-state index contributed by atoms with van der Waals surface area (Å²) >= 11 is 5.90. The molecule has 114 valence electrons. The van der Waals surface area contributed by atoms with Crippen molar-refractivity contribution in [3.63, 3.8) is 0 Å². The summed E-state index contributed by atoms with van der Waals surface area (Å²) in [6.45, 7) is 0.883. The van der Waals surface area contributed by atoms with Crippen molar-refractivity contribution in [2.45, 2.75) is 13.5 Å². The summed E-state index contributed by atoms with van der Waals surface area (Å²) in [4.78, 5) is 37.8. The van der Waals surface area contributed by atoms with Crippen LogP contribution in [0.1, 0.15) is 6.92 Å². The van der Waals surface area contributed by atoms with Gasteiger partial charge >= 0.3 is 5.97 Å². The first-order chi connectivity index (χ1) is 10.4. The van der Waals surface area contributed by atoms with E-state index in [1.807, 2.05) is 0 Å². The largest absolute Gasteiger partial charge is 0.480 e. The molecule has 2 N–H and O–H groups in total. The van der Waals surface area contributed by atoms with Crippen LogP contribution in [0, 0.1) is 0 Å². The Hall–Kier alpha value is -2.67. The molecule has 0 saturated heterocycles. The second-order valence-corrected chi connectivity index (χ2v) is 4.94. The third-order valence-corrected chi connectivity index (χ3v) is 2.99. The molecule has 0 bridgehead atoms. The average molecular weight is 322 g/mol. The standard InChI is InChI=1S/C14H12ClN3O4/c1-8(19)17-12-4-9(15)2-3-10(12)11-5-13(20)18(7-16-11)6-14(21)22/h2-5,7H,6H2,1H3,(H,17,19)(H,21,22). The van der Waals surface area contributed by atoms with E-state index >= 15 is 0 Å². The minimum atomic E-state index is -1.14. The number of carboxylic acids is 1. The number of hydrogen-bond acceptors (Lipinski definition) is 4. The molecule has 7 nitrogen and oxygen atoms in total. The second-order valence-electron chi connectivity index (χ2n) is 4.51. The minimum absolute atomic E-state index is 0.289. The predicted octanol–water partition coefficient (Wildman–Crippen LogP) is 1.61. The molecular formula is C14H12ClN3O4. The summed E-state index contributed by atoms with van der Waals surface area (Å²) < 4.78 is 0.972. The van der Waals surface area contributed by atoms with Crippen molar-refractivity contribution in [3.05, 3.63) is 46.0 Å². The van der Waals surface area contributed by atoms with E-state index in [4.69, 9.17) is 16.7 Å². The lowest BCUT2D eigenvalue weighted by molar-refractivity contribution is -0.137. The fourth-order valence-corrected chi connectivity index (χ4v) is 2.04. The van der Waals surface area contributed by atoms with Crippen molar-refractivity contribution < 1.29 is 14.7 Å². The van der Waals surface area contributed by atoms with E-state index in [0.29, 0.717) is 22.0 Å². The number of carbonyl (C=O) groups excluding carboxylic acids is 1. The Morgan fingerprint density at radius 1 is 1.36 bits per heavy atom. The molecule has 0 aliphatic rings. The lowest BCUT2D eigenvalue weighted by atomic mass is 10.1. The third kappa shape index (κ3) is 3.70. The smallest absolute Gasteiger partial charge is 0.323 e. The lowest BCUT2D eigenvalue weighted by Crippen LogP contribution is -2.23. The van der Waals surface area contributed by atoms with E-state index in [1.54, 1.807) is 18.2 Å². The first kappa shape index (κ1) is 15.7. The van der Waals surface area contributed by atoms with Crippen molar-refractivity contribution in [2.24, 2.45) is 0 Å². The Kier molecular flexibility index (Phi) is 4.57. The highest BCUT2D eigenvalue weighted by molar-refractivity contribution is 6.31. The van der Waals surface area contributed by atoms with Crippen molar-refractivity contribution in [2.75, 3.05) is 5.32 Å². The summed E-state index contributed by atoms with van der Waals surface area (Å²) in [5.74, 6) is -1.43. The molecule has 8 heteroatoms. The molecule has 2 aromatic rings. The van der Waals surface area contributed by atoms with Gasteiger partial charge in [0.25, 0.3) is 5.56 Å². The highest BCUT2D eigenvalue weighted by Crippen LogP contribution is 2.28. The summed E-state index contributed by atoms with van der Waals surface area (Å²) in [5, 5.41) is 11.7. The summed E-state index contributed by atoms with van der Waals surface area (Å²) in [6, 6.07) is 5.98. The van der Waals surface area contributed by atoms with Gasteiger partial charge < -0.3 is 10.4 Å². The molecule has 0 fully saturated rings. The van der Waals surface area contributed by atoms with E-state index < -0.39 is 18.1 Å². The van der Waals surface area contributed by atoms with Crippen LogP contribution >= 0.6 is 11.6 Å². The van der Waals surface area contributed by atoms with Crippen LogP contribution in [-0.2, 0) is 16.1 Å². The highest BCUT2D eigenvalue weighted by atomic mass is 35.5. The minimum Gasteiger partial charge on any atom is -0.480 e. The second kappa shape index (κ2) is 6.40. The van der Waals surface area contributed by atoms with Crippen LogP contribution in [0.25, 0.3) is 11.3 Å². The van der Waals surface area contributed by atoms with Gasteiger partial charge in [-0.2, -0.15) is 0 Å². The van der Waals surface area contributed by atoms with Gasteiger partial charge in [-0.25, -0.2) is 4.98 Å². The molecule has 0 spiro atoms. The number of rotatable bonds is 4. The van der Waals surface area contributed by atoms with Gasteiger partial charge in [0.15, 0.2) is 0 Å². The van der Waals surface area contributed by atoms with Crippen molar-refractivity contribution in [3.8, 4) is 11.3 Å².